The number of ether oxygens (including phenoxy) is 3. The molecule has 0 aliphatic rings. The summed E-state index contributed by atoms with van der Waals surface area (Å²) in [6.45, 7) is 4.51. The number of aliphatic carboxylic acids is 1. The predicted octanol–water partition coefficient (Wildman–Crippen LogP) is 13.1. The summed E-state index contributed by atoms with van der Waals surface area (Å²) in [5, 5.41) is 9.62. The molecule has 59 heavy (non-hydrogen) atoms. The first-order chi connectivity index (χ1) is 28.6. The highest BCUT2D eigenvalue weighted by molar-refractivity contribution is 5.72. The Kier molecular flexibility index (Phi) is 39.2. The van der Waals surface area contributed by atoms with E-state index in [4.69, 9.17) is 14.2 Å². The molecule has 0 aromatic carbocycles. The van der Waals surface area contributed by atoms with Gasteiger partial charge in [-0.15, -0.1) is 0 Å². The summed E-state index contributed by atoms with van der Waals surface area (Å²) >= 11 is 0. The molecule has 0 aliphatic heterocycles. The number of hydrogen-bond donors (Lipinski definition) is 1. The van der Waals surface area contributed by atoms with Crippen LogP contribution in [0.2, 0.25) is 0 Å². The van der Waals surface area contributed by atoms with Gasteiger partial charge in [0.05, 0.1) is 34.4 Å². The Hall–Kier alpha value is -3.23. The van der Waals surface area contributed by atoms with Crippen molar-refractivity contribution in [3.63, 3.8) is 0 Å². The molecule has 338 valence electrons. The largest absolute Gasteiger partial charge is 0.477 e. The zero-order chi connectivity index (χ0) is 43.5. The second kappa shape index (κ2) is 41.5. The molecule has 0 amide bonds. The molecule has 0 bridgehead atoms. The Labute approximate surface area is 361 Å². The van der Waals surface area contributed by atoms with Gasteiger partial charge in [-0.3, -0.25) is 9.59 Å². The third kappa shape index (κ3) is 40.0. The molecule has 0 spiro atoms. The highest BCUT2D eigenvalue weighted by atomic mass is 16.6. The van der Waals surface area contributed by atoms with Gasteiger partial charge < -0.3 is 23.8 Å². The predicted molar refractivity (Wildman–Crippen MR) is 247 cm³/mol. The Bertz CT molecular complexity index is 1190. The first-order valence-electron chi connectivity index (χ1n) is 23.5. The molecule has 1 N–H and O–H groups in total. The molecular weight excluding hydrogens is 739 g/mol. The van der Waals surface area contributed by atoms with E-state index in [9.17, 15) is 19.5 Å². The fourth-order valence-electron chi connectivity index (χ4n) is 6.59. The van der Waals surface area contributed by atoms with E-state index in [1.165, 1.54) is 109 Å². The number of rotatable bonds is 41. The zero-order valence-corrected chi connectivity index (χ0v) is 38.4. The van der Waals surface area contributed by atoms with E-state index >= 15 is 0 Å². The fourth-order valence-corrected chi connectivity index (χ4v) is 6.59. The van der Waals surface area contributed by atoms with Gasteiger partial charge in [0.2, 0.25) is 0 Å². The van der Waals surface area contributed by atoms with Crippen molar-refractivity contribution in [2.75, 3.05) is 41.0 Å². The summed E-state index contributed by atoms with van der Waals surface area (Å²) in [6.07, 6.45) is 52.6. The van der Waals surface area contributed by atoms with Crippen molar-refractivity contribution in [3.8, 4) is 0 Å². The minimum absolute atomic E-state index is 0.0278. The summed E-state index contributed by atoms with van der Waals surface area (Å²) < 4.78 is 17.2. The van der Waals surface area contributed by atoms with E-state index < -0.39 is 18.1 Å². The van der Waals surface area contributed by atoms with Crippen LogP contribution < -0.4 is 0 Å². The van der Waals surface area contributed by atoms with Crippen LogP contribution in [0.25, 0.3) is 0 Å². The first-order valence-corrected chi connectivity index (χ1v) is 23.5. The van der Waals surface area contributed by atoms with Gasteiger partial charge in [-0.1, -0.05) is 183 Å². The van der Waals surface area contributed by atoms with Crippen LogP contribution in [0.4, 0.5) is 0 Å². The number of carbonyl (C=O) groups excluding carboxylic acids is 2. The van der Waals surface area contributed by atoms with E-state index in [0.717, 1.165) is 32.1 Å². The molecule has 0 saturated carbocycles. The number of hydrogen-bond acceptors (Lipinski definition) is 6. The Balaban J connectivity index is 4.31. The molecule has 0 heterocycles. The van der Waals surface area contributed by atoms with Crippen molar-refractivity contribution in [3.05, 3.63) is 72.9 Å². The monoisotopic (exact) mass is 827 g/mol. The quantitative estimate of drug-likeness (QED) is 0.0215. The number of carboxylic acid groups (broad SMARTS) is 1. The molecule has 2 atom stereocenters. The van der Waals surface area contributed by atoms with Crippen molar-refractivity contribution in [2.24, 2.45) is 0 Å². The Morgan fingerprint density at radius 2 is 0.983 bits per heavy atom. The maximum Gasteiger partial charge on any atom is 0.362 e. The van der Waals surface area contributed by atoms with Crippen LogP contribution in [0, 0.1) is 0 Å². The van der Waals surface area contributed by atoms with E-state index in [1.54, 1.807) is 0 Å². The summed E-state index contributed by atoms with van der Waals surface area (Å²) in [5.41, 5.74) is 0. The third-order valence-corrected chi connectivity index (χ3v) is 10.2. The topological polar surface area (TPSA) is 99.1 Å². The van der Waals surface area contributed by atoms with E-state index in [-0.39, 0.29) is 42.7 Å². The summed E-state index contributed by atoms with van der Waals surface area (Å²) in [7, 11) is 5.49. The van der Waals surface area contributed by atoms with Crippen LogP contribution in [0.1, 0.15) is 181 Å². The van der Waals surface area contributed by atoms with Crippen molar-refractivity contribution >= 4 is 17.9 Å². The molecule has 0 fully saturated rings. The lowest BCUT2D eigenvalue weighted by Gasteiger charge is -2.31. The molecule has 0 aromatic rings. The number of nitrogens with zero attached hydrogens (tertiary/aromatic N) is 1. The SMILES string of the molecule is CC/C=C/C=C/C=C/C=C/C=C/CCCC(=O)OC(COCCC(C(=O)O)[N+](C)(C)C)COC(=O)CCCCCCCCC/C=C/CCCCCCCCCCCCC. The molecule has 2 unspecified atom stereocenters. The Morgan fingerprint density at radius 1 is 0.525 bits per heavy atom. The van der Waals surface area contributed by atoms with Gasteiger partial charge in [0.15, 0.2) is 12.1 Å². The molecule has 0 aromatic heterocycles. The van der Waals surface area contributed by atoms with Gasteiger partial charge in [0.1, 0.15) is 6.61 Å². The molecule has 8 heteroatoms. The average Bonchev–Trinajstić information content (AvgIpc) is 3.19. The van der Waals surface area contributed by atoms with Crippen LogP contribution in [0.3, 0.4) is 0 Å². The number of allylic oxidation sites excluding steroid dienone is 12. The summed E-state index contributed by atoms with van der Waals surface area (Å²) in [5.74, 6) is -1.57. The van der Waals surface area contributed by atoms with Gasteiger partial charge >= 0.3 is 17.9 Å². The molecule has 8 nitrogen and oxygen atoms in total. The Morgan fingerprint density at radius 3 is 1.49 bits per heavy atom. The van der Waals surface area contributed by atoms with Gasteiger partial charge in [0, 0.05) is 19.3 Å². The average molecular weight is 827 g/mol. The van der Waals surface area contributed by atoms with Gasteiger partial charge in [-0.05, 0) is 51.4 Å². The molecule has 0 saturated heterocycles. The minimum Gasteiger partial charge on any atom is -0.477 e. The van der Waals surface area contributed by atoms with Crippen molar-refractivity contribution in [1.29, 1.82) is 0 Å². The molecule has 0 radical (unpaired) electrons. The zero-order valence-electron chi connectivity index (χ0n) is 38.4. The lowest BCUT2D eigenvalue weighted by Crippen LogP contribution is -2.50. The number of carbonyl (C=O) groups is 3. The van der Waals surface area contributed by atoms with Crippen molar-refractivity contribution < 1.29 is 38.2 Å². The summed E-state index contributed by atoms with van der Waals surface area (Å²) in [4.78, 5) is 37.0. The third-order valence-electron chi connectivity index (χ3n) is 10.2. The smallest absolute Gasteiger partial charge is 0.362 e. The maximum absolute atomic E-state index is 12.7. The number of quaternary nitrogens is 1. The van der Waals surface area contributed by atoms with Gasteiger partial charge in [-0.25, -0.2) is 4.79 Å². The maximum atomic E-state index is 12.7. The van der Waals surface area contributed by atoms with Crippen molar-refractivity contribution in [2.45, 2.75) is 193 Å². The second-order valence-electron chi connectivity index (χ2n) is 16.7. The highest BCUT2D eigenvalue weighted by Gasteiger charge is 2.31. The van der Waals surface area contributed by atoms with E-state index in [0.29, 0.717) is 19.3 Å². The fraction of sp³-hybridized carbons (Fsp3) is 0.706. The van der Waals surface area contributed by atoms with Crippen LogP contribution >= 0.6 is 0 Å². The molecular formula is C51H88NO7+. The van der Waals surface area contributed by atoms with Crippen LogP contribution in [0.5, 0.6) is 0 Å². The van der Waals surface area contributed by atoms with Crippen molar-refractivity contribution in [1.82, 2.24) is 0 Å². The van der Waals surface area contributed by atoms with Gasteiger partial charge in [0.25, 0.3) is 0 Å². The van der Waals surface area contributed by atoms with E-state index in [1.807, 2.05) is 75.8 Å². The van der Waals surface area contributed by atoms with Crippen LogP contribution in [0.15, 0.2) is 72.9 Å². The first kappa shape index (κ1) is 55.8. The van der Waals surface area contributed by atoms with Crippen LogP contribution in [-0.4, -0.2) is 80.6 Å². The van der Waals surface area contributed by atoms with E-state index in [2.05, 4.69) is 32.1 Å². The normalized spacial score (nSPS) is 13.6. The number of carboxylic acids is 1. The summed E-state index contributed by atoms with van der Waals surface area (Å²) in [6, 6.07) is -0.631. The lowest BCUT2D eigenvalue weighted by atomic mass is 10.0. The van der Waals surface area contributed by atoms with Crippen LogP contribution in [-0.2, 0) is 28.6 Å². The highest BCUT2D eigenvalue weighted by Crippen LogP contribution is 2.14. The number of likely N-dealkylation sites (N-methyl/N-ethyl adjacent to an activating group) is 1. The number of esters is 2. The minimum atomic E-state index is -0.889. The molecule has 0 rings (SSSR count). The lowest BCUT2D eigenvalue weighted by molar-refractivity contribution is -0.887. The number of unbranched alkanes of at least 4 members (excludes halogenated alkanes) is 19. The van der Waals surface area contributed by atoms with Gasteiger partial charge in [-0.2, -0.15) is 0 Å². The molecule has 0 aliphatic carbocycles. The standard InChI is InChI=1S/C51H87NO7/c1-6-8-10-12-14-16-18-20-21-22-23-24-25-26-27-28-30-31-33-35-37-39-41-49(53)58-46-47(45-57-44-43-48(51(55)56)52(3,4)5)59-50(54)42-40-38-36-34-32-29-19-17-15-13-11-9-7-2/h9,11,13,15,17,19,25-26,29,32,34,36,47-48H,6-8,10,12,14,16,18,20-24,27-28,30-31,33,35,37-46H2,1-5H3/p+1/b11-9+,15-13+,19-17+,26-25+,32-29+,36-34+. The second-order valence-corrected chi connectivity index (χ2v) is 16.7.